The van der Waals surface area contributed by atoms with Gasteiger partial charge in [0.1, 0.15) is 0 Å². The number of carbonyl (C=O) groups is 2. The number of hydrogen-bond donors (Lipinski definition) is 2. The molecule has 1 amide bonds. The molecule has 2 heterocycles. The lowest BCUT2D eigenvalue weighted by Gasteiger charge is -2.41. The van der Waals surface area contributed by atoms with E-state index in [2.05, 4.69) is 36.8 Å². The lowest BCUT2D eigenvalue weighted by atomic mass is 10.1. The van der Waals surface area contributed by atoms with Gasteiger partial charge in [-0.2, -0.15) is 0 Å². The van der Waals surface area contributed by atoms with Crippen LogP contribution in [0.3, 0.4) is 0 Å². The van der Waals surface area contributed by atoms with Gasteiger partial charge in [-0.15, -0.1) is 0 Å². The van der Waals surface area contributed by atoms with Crippen molar-refractivity contribution >= 4 is 33.5 Å². The number of hydrogen-bond acceptors (Lipinski definition) is 9. The number of carbonyl (C=O) groups excluding carboxylic acids is 2. The first-order chi connectivity index (χ1) is 17.8. The maximum Gasteiger partial charge on any atom is 0.327 e. The Morgan fingerprint density at radius 3 is 2.38 bits per heavy atom. The largest absolute Gasteiger partial charge is 0.368 e. The molecule has 1 aromatic heterocycles. The summed E-state index contributed by atoms with van der Waals surface area (Å²) in [5.74, 6) is -0.438. The monoisotopic (exact) mass is 524 g/mol. The van der Waals surface area contributed by atoms with Crippen molar-refractivity contribution in [2.45, 2.75) is 24.3 Å². The molecular weight excluding hydrogens is 496 g/mol. The van der Waals surface area contributed by atoms with E-state index in [0.717, 1.165) is 31.3 Å². The Kier molecular flexibility index (Phi) is 8.31. The molecule has 1 atom stereocenters. The van der Waals surface area contributed by atoms with E-state index in [1.165, 1.54) is 12.1 Å². The van der Waals surface area contributed by atoms with Gasteiger partial charge in [-0.1, -0.05) is 18.2 Å². The summed E-state index contributed by atoms with van der Waals surface area (Å²) in [4.78, 5) is 43.8. The van der Waals surface area contributed by atoms with Crippen LogP contribution in [-0.2, 0) is 19.7 Å². The van der Waals surface area contributed by atoms with E-state index in [-0.39, 0.29) is 29.8 Å². The van der Waals surface area contributed by atoms with Crippen LogP contribution in [0.4, 0.5) is 11.6 Å². The second-order valence-electron chi connectivity index (χ2n) is 8.46. The SMILES string of the molecule is CC1CN(c2ccc(C(=O)NCCC(=O)ONS(=O)(=O)c3ccccc3)cc2)CCN1c1ncccn1. The van der Waals surface area contributed by atoms with E-state index in [0.29, 0.717) is 5.56 Å². The van der Waals surface area contributed by atoms with Gasteiger partial charge in [-0.05, 0) is 54.3 Å². The Labute approximate surface area is 215 Å². The summed E-state index contributed by atoms with van der Waals surface area (Å²) in [6, 6.07) is 16.8. The molecule has 3 aromatic rings. The number of nitrogens with zero attached hydrogens (tertiary/aromatic N) is 4. The average molecular weight is 525 g/mol. The average Bonchev–Trinajstić information content (AvgIpc) is 2.93. The maximum atomic E-state index is 12.5. The summed E-state index contributed by atoms with van der Waals surface area (Å²) < 4.78 is 24.2. The molecule has 2 N–H and O–H groups in total. The summed E-state index contributed by atoms with van der Waals surface area (Å²) in [5, 5.41) is 2.64. The second kappa shape index (κ2) is 11.8. The first kappa shape index (κ1) is 26.0. The Morgan fingerprint density at radius 2 is 1.70 bits per heavy atom. The van der Waals surface area contributed by atoms with Gasteiger partial charge in [-0.25, -0.2) is 18.4 Å². The van der Waals surface area contributed by atoms with Crippen molar-refractivity contribution in [3.8, 4) is 0 Å². The zero-order valence-electron chi connectivity index (χ0n) is 20.3. The van der Waals surface area contributed by atoms with Crippen LogP contribution in [0, 0.1) is 0 Å². The molecule has 0 aliphatic carbocycles. The predicted molar refractivity (Wildman–Crippen MR) is 137 cm³/mol. The van der Waals surface area contributed by atoms with Crippen molar-refractivity contribution in [1.29, 1.82) is 0 Å². The van der Waals surface area contributed by atoms with Crippen LogP contribution in [0.25, 0.3) is 0 Å². The molecule has 0 saturated carbocycles. The maximum absolute atomic E-state index is 12.5. The number of nitrogens with one attached hydrogen (secondary N) is 2. The molecule has 0 spiro atoms. The highest BCUT2D eigenvalue weighted by atomic mass is 32.2. The van der Waals surface area contributed by atoms with Crippen LogP contribution in [-0.4, -0.2) is 62.5 Å². The number of aromatic nitrogens is 2. The fourth-order valence-corrected chi connectivity index (χ4v) is 4.75. The molecule has 1 saturated heterocycles. The summed E-state index contributed by atoms with van der Waals surface area (Å²) in [5.41, 5.74) is 1.46. The van der Waals surface area contributed by atoms with Crippen molar-refractivity contribution in [2.24, 2.45) is 0 Å². The standard InChI is InChI=1S/C25H28N6O5S/c1-19-18-30(16-17-31(19)25-27-13-5-14-28-25)21-10-8-20(9-11-21)24(33)26-15-12-23(32)36-29-37(34,35)22-6-3-2-4-7-22/h2-11,13-14,19,29H,12,15-18H2,1H3,(H,26,33). The molecule has 11 nitrogen and oxygen atoms in total. The second-order valence-corrected chi connectivity index (χ2v) is 10.1. The van der Waals surface area contributed by atoms with Crippen molar-refractivity contribution in [2.75, 3.05) is 36.0 Å². The Morgan fingerprint density at radius 1 is 1.00 bits per heavy atom. The lowest BCUT2D eigenvalue weighted by molar-refractivity contribution is -0.146. The highest BCUT2D eigenvalue weighted by Crippen LogP contribution is 2.22. The zero-order chi connectivity index (χ0) is 26.3. The number of sulfonamides is 1. The molecule has 12 heteroatoms. The predicted octanol–water partition coefficient (Wildman–Crippen LogP) is 1.75. The molecule has 0 radical (unpaired) electrons. The molecule has 4 rings (SSSR count). The van der Waals surface area contributed by atoms with Crippen LogP contribution in [0.2, 0.25) is 0 Å². The topological polar surface area (TPSA) is 134 Å². The van der Waals surface area contributed by atoms with E-state index in [1.807, 2.05) is 12.1 Å². The first-order valence-electron chi connectivity index (χ1n) is 11.8. The van der Waals surface area contributed by atoms with Crippen molar-refractivity contribution in [3.63, 3.8) is 0 Å². The van der Waals surface area contributed by atoms with Gasteiger partial charge in [0.25, 0.3) is 15.9 Å². The molecule has 0 bridgehead atoms. The Balaban J connectivity index is 1.21. The summed E-state index contributed by atoms with van der Waals surface area (Å²) in [6.07, 6.45) is 3.28. The van der Waals surface area contributed by atoms with E-state index < -0.39 is 16.0 Å². The van der Waals surface area contributed by atoms with E-state index >= 15 is 0 Å². The minimum Gasteiger partial charge on any atom is -0.368 e. The van der Waals surface area contributed by atoms with E-state index in [1.54, 1.807) is 53.7 Å². The summed E-state index contributed by atoms with van der Waals surface area (Å²) in [6.45, 7) is 4.49. The summed E-state index contributed by atoms with van der Waals surface area (Å²) in [7, 11) is -3.97. The molecule has 1 aliphatic heterocycles. The highest BCUT2D eigenvalue weighted by molar-refractivity contribution is 7.89. The van der Waals surface area contributed by atoms with Gasteiger partial charge in [0.05, 0.1) is 11.3 Å². The third kappa shape index (κ3) is 6.80. The third-order valence-corrected chi connectivity index (χ3v) is 7.06. The van der Waals surface area contributed by atoms with Crippen molar-refractivity contribution in [1.82, 2.24) is 20.2 Å². The van der Waals surface area contributed by atoms with Crippen LogP contribution < -0.4 is 20.0 Å². The minimum atomic E-state index is -3.97. The molecular formula is C25H28N6O5S. The first-order valence-corrected chi connectivity index (χ1v) is 13.3. The molecule has 1 unspecified atom stereocenters. The number of amides is 1. The molecule has 1 fully saturated rings. The quantitative estimate of drug-likeness (QED) is 0.402. The smallest absolute Gasteiger partial charge is 0.327 e. The van der Waals surface area contributed by atoms with Crippen LogP contribution in [0.15, 0.2) is 78.0 Å². The molecule has 194 valence electrons. The van der Waals surface area contributed by atoms with Crippen LogP contribution in [0.1, 0.15) is 23.7 Å². The minimum absolute atomic E-state index is 0.00643. The molecule has 1 aliphatic rings. The number of piperazine rings is 1. The van der Waals surface area contributed by atoms with Gasteiger partial charge in [0, 0.05) is 55.9 Å². The van der Waals surface area contributed by atoms with Gasteiger partial charge in [0.2, 0.25) is 5.95 Å². The van der Waals surface area contributed by atoms with Gasteiger partial charge in [-0.3, -0.25) is 9.59 Å². The van der Waals surface area contributed by atoms with Crippen molar-refractivity contribution < 1.29 is 22.8 Å². The summed E-state index contributed by atoms with van der Waals surface area (Å²) >= 11 is 0. The third-order valence-electron chi connectivity index (χ3n) is 5.86. The zero-order valence-corrected chi connectivity index (χ0v) is 21.1. The highest BCUT2D eigenvalue weighted by Gasteiger charge is 2.25. The van der Waals surface area contributed by atoms with Gasteiger partial charge >= 0.3 is 5.97 Å². The fourth-order valence-electron chi connectivity index (χ4n) is 3.93. The van der Waals surface area contributed by atoms with E-state index in [9.17, 15) is 18.0 Å². The molecule has 2 aromatic carbocycles. The van der Waals surface area contributed by atoms with Gasteiger partial charge < -0.3 is 20.0 Å². The molecule has 37 heavy (non-hydrogen) atoms. The normalized spacial score (nSPS) is 15.8. The number of rotatable bonds is 9. The van der Waals surface area contributed by atoms with Gasteiger partial charge in [0.15, 0.2) is 0 Å². The Bertz CT molecular complexity index is 1310. The number of anilines is 2. The van der Waals surface area contributed by atoms with Crippen LogP contribution >= 0.6 is 0 Å². The van der Waals surface area contributed by atoms with Crippen molar-refractivity contribution in [3.05, 3.63) is 78.6 Å². The Hall–Kier alpha value is -4.03. The van der Waals surface area contributed by atoms with Crippen LogP contribution in [0.5, 0.6) is 0 Å². The lowest BCUT2D eigenvalue weighted by Crippen LogP contribution is -2.52. The fraction of sp³-hybridized carbons (Fsp3) is 0.280. The van der Waals surface area contributed by atoms with E-state index in [4.69, 9.17) is 0 Å². The number of benzene rings is 2.